The first-order valence-electron chi connectivity index (χ1n) is 2.71. The van der Waals surface area contributed by atoms with E-state index in [-0.39, 0.29) is 5.75 Å². The van der Waals surface area contributed by atoms with Crippen LogP contribution in [0, 0.1) is 0 Å². The quantitative estimate of drug-likeness (QED) is 0.553. The molecule has 0 aliphatic rings. The zero-order chi connectivity index (χ0) is 8.15. The second-order valence-corrected chi connectivity index (χ2v) is 3.89. The van der Waals surface area contributed by atoms with Crippen molar-refractivity contribution in [3.63, 3.8) is 0 Å². The zero-order valence-corrected chi connectivity index (χ0v) is 7.07. The SMILES string of the molecule is CCC(CS(=O)[O-])S(=O)[O-]. The third-order valence-electron chi connectivity index (χ3n) is 1.05. The molecule has 10 heavy (non-hydrogen) atoms. The smallest absolute Gasteiger partial charge is 0.0317 e. The van der Waals surface area contributed by atoms with Crippen LogP contribution in [0.4, 0.5) is 0 Å². The number of rotatable bonds is 4. The first-order valence-corrected chi connectivity index (χ1v) is 5.10. The highest BCUT2D eigenvalue weighted by atomic mass is 32.2. The maximum absolute atomic E-state index is 10.2. The minimum atomic E-state index is -2.27. The van der Waals surface area contributed by atoms with Crippen LogP contribution in [0.2, 0.25) is 0 Å². The summed E-state index contributed by atoms with van der Waals surface area (Å²) in [7, 11) is 0. The molecule has 0 bridgehead atoms. The zero-order valence-electron chi connectivity index (χ0n) is 5.44. The van der Waals surface area contributed by atoms with E-state index >= 15 is 0 Å². The molecule has 0 aliphatic heterocycles. The lowest BCUT2D eigenvalue weighted by molar-refractivity contribution is 0.512. The average Bonchev–Trinajstić information content (AvgIpc) is 1.81. The molecule has 0 aliphatic carbocycles. The molecular weight excluding hydrogens is 176 g/mol. The van der Waals surface area contributed by atoms with Crippen molar-refractivity contribution >= 4 is 22.2 Å². The van der Waals surface area contributed by atoms with Gasteiger partial charge >= 0.3 is 0 Å². The maximum Gasteiger partial charge on any atom is 0.0317 e. The van der Waals surface area contributed by atoms with Gasteiger partial charge in [-0.2, -0.15) is 0 Å². The van der Waals surface area contributed by atoms with Gasteiger partial charge in [0.15, 0.2) is 0 Å². The van der Waals surface area contributed by atoms with E-state index in [2.05, 4.69) is 0 Å². The second-order valence-electron chi connectivity index (χ2n) is 1.76. The van der Waals surface area contributed by atoms with Gasteiger partial charge < -0.3 is 9.11 Å². The van der Waals surface area contributed by atoms with E-state index in [1.54, 1.807) is 6.92 Å². The van der Waals surface area contributed by atoms with Gasteiger partial charge in [0.05, 0.1) is 0 Å². The van der Waals surface area contributed by atoms with Crippen LogP contribution >= 0.6 is 0 Å². The van der Waals surface area contributed by atoms with Crippen molar-refractivity contribution in [3.05, 3.63) is 0 Å². The third kappa shape index (κ3) is 4.10. The van der Waals surface area contributed by atoms with E-state index in [1.165, 1.54) is 0 Å². The van der Waals surface area contributed by atoms with Crippen LogP contribution in [0.1, 0.15) is 13.3 Å². The van der Waals surface area contributed by atoms with Crippen molar-refractivity contribution in [2.75, 3.05) is 5.75 Å². The van der Waals surface area contributed by atoms with Gasteiger partial charge in [0.25, 0.3) is 0 Å². The number of hydrogen-bond acceptors (Lipinski definition) is 4. The monoisotopic (exact) mass is 184 g/mol. The Hall–Kier alpha value is 0.220. The molecule has 3 atom stereocenters. The summed E-state index contributed by atoms with van der Waals surface area (Å²) < 4.78 is 40.4. The summed E-state index contributed by atoms with van der Waals surface area (Å²) in [5.41, 5.74) is 0. The summed E-state index contributed by atoms with van der Waals surface area (Å²) in [6.07, 6.45) is 0.337. The van der Waals surface area contributed by atoms with Gasteiger partial charge in [-0.15, -0.1) is 0 Å². The topological polar surface area (TPSA) is 80.3 Å². The first-order chi connectivity index (χ1) is 4.57. The lowest BCUT2D eigenvalue weighted by Gasteiger charge is -2.18. The summed E-state index contributed by atoms with van der Waals surface area (Å²) in [5, 5.41) is -0.752. The van der Waals surface area contributed by atoms with Crippen LogP contribution in [0.15, 0.2) is 0 Å². The molecule has 0 saturated heterocycles. The normalized spacial score (nSPS) is 19.9. The first kappa shape index (κ1) is 10.2. The highest BCUT2D eigenvalue weighted by Crippen LogP contribution is 2.00. The van der Waals surface area contributed by atoms with E-state index in [9.17, 15) is 17.5 Å². The van der Waals surface area contributed by atoms with Gasteiger partial charge in [-0.05, 0) is 6.42 Å². The molecule has 0 rings (SSSR count). The summed E-state index contributed by atoms with van der Waals surface area (Å²) in [6, 6.07) is 0. The minimum Gasteiger partial charge on any atom is -0.772 e. The van der Waals surface area contributed by atoms with Gasteiger partial charge in [0.2, 0.25) is 0 Å². The standard InChI is InChI=1S/C4H10O4S2/c1-2-4(10(7)8)3-9(5)6/h4H,2-3H2,1H3,(H,5,6)(H,7,8)/p-2. The largest absolute Gasteiger partial charge is 0.772 e. The molecule has 4 nitrogen and oxygen atoms in total. The van der Waals surface area contributed by atoms with E-state index in [0.717, 1.165) is 0 Å². The highest BCUT2D eigenvalue weighted by molar-refractivity contribution is 7.83. The predicted molar refractivity (Wildman–Crippen MR) is 36.8 cm³/mol. The Bertz CT molecular complexity index is 146. The van der Waals surface area contributed by atoms with Crippen LogP contribution in [0.3, 0.4) is 0 Å². The van der Waals surface area contributed by atoms with Crippen LogP contribution < -0.4 is 0 Å². The molecule has 0 aromatic carbocycles. The summed E-state index contributed by atoms with van der Waals surface area (Å²) in [6.45, 7) is 1.63. The molecule has 0 radical (unpaired) electrons. The van der Waals surface area contributed by atoms with Gasteiger partial charge in [0.1, 0.15) is 0 Å². The van der Waals surface area contributed by atoms with Crippen LogP contribution in [0.5, 0.6) is 0 Å². The van der Waals surface area contributed by atoms with Crippen LogP contribution in [0.25, 0.3) is 0 Å². The van der Waals surface area contributed by atoms with Crippen LogP contribution in [-0.2, 0) is 22.2 Å². The maximum atomic E-state index is 10.2. The molecule has 0 spiro atoms. The molecule has 0 saturated carbocycles. The fraction of sp³-hybridized carbons (Fsp3) is 1.00. The molecule has 62 valence electrons. The Labute approximate surface area is 64.6 Å². The molecule has 0 aromatic heterocycles. The summed E-state index contributed by atoms with van der Waals surface area (Å²) in [4.78, 5) is 0. The highest BCUT2D eigenvalue weighted by Gasteiger charge is 2.05. The molecule has 0 heterocycles. The van der Waals surface area contributed by atoms with Crippen molar-refractivity contribution < 1.29 is 17.5 Å². The van der Waals surface area contributed by atoms with Crippen molar-refractivity contribution in [1.29, 1.82) is 0 Å². The van der Waals surface area contributed by atoms with E-state index in [1.807, 2.05) is 0 Å². The summed E-state index contributed by atoms with van der Waals surface area (Å²) >= 11 is -4.53. The fourth-order valence-corrected chi connectivity index (χ4v) is 2.05. The molecule has 6 heteroatoms. The molecule has 3 unspecified atom stereocenters. The third-order valence-corrected chi connectivity index (χ3v) is 2.98. The fourth-order valence-electron chi connectivity index (χ4n) is 0.461. The Morgan fingerprint density at radius 3 is 2.00 bits per heavy atom. The Morgan fingerprint density at radius 1 is 1.40 bits per heavy atom. The predicted octanol–water partition coefficient (Wildman–Crippen LogP) is -0.477. The average molecular weight is 184 g/mol. The molecule has 0 amide bonds. The van der Waals surface area contributed by atoms with Gasteiger partial charge in [-0.25, -0.2) is 0 Å². The van der Waals surface area contributed by atoms with E-state index < -0.39 is 27.4 Å². The lowest BCUT2D eigenvalue weighted by atomic mass is 10.4. The Kier molecular flexibility index (Phi) is 5.06. The van der Waals surface area contributed by atoms with Gasteiger partial charge in [-0.3, -0.25) is 8.42 Å². The van der Waals surface area contributed by atoms with Crippen LogP contribution in [-0.4, -0.2) is 28.5 Å². The van der Waals surface area contributed by atoms with Crippen molar-refractivity contribution in [3.8, 4) is 0 Å². The lowest BCUT2D eigenvalue weighted by Crippen LogP contribution is -2.21. The second kappa shape index (κ2) is 4.95. The molecule has 0 fully saturated rings. The van der Waals surface area contributed by atoms with Gasteiger partial charge in [-0.1, -0.05) is 29.1 Å². The van der Waals surface area contributed by atoms with Gasteiger partial charge in [0, 0.05) is 11.0 Å². The molecule has 0 N–H and O–H groups in total. The molecule has 0 aromatic rings. The van der Waals surface area contributed by atoms with E-state index in [4.69, 9.17) is 0 Å². The van der Waals surface area contributed by atoms with E-state index in [0.29, 0.717) is 6.42 Å². The Morgan fingerprint density at radius 2 is 1.90 bits per heavy atom. The minimum absolute atomic E-state index is 0.299. The Balaban J connectivity index is 3.83. The van der Waals surface area contributed by atoms with Crippen molar-refractivity contribution in [1.82, 2.24) is 0 Å². The number of hydrogen-bond donors (Lipinski definition) is 0. The van der Waals surface area contributed by atoms with Crippen molar-refractivity contribution in [2.24, 2.45) is 0 Å². The molecular formula is C4H8O4S2-2. The summed E-state index contributed by atoms with van der Waals surface area (Å²) in [5.74, 6) is -0.299. The van der Waals surface area contributed by atoms with Crippen molar-refractivity contribution in [2.45, 2.75) is 18.6 Å².